The SMILES string of the molecule is Cc1ccccc1C(C)(C)I.Fc1c(F)c(F)c([B-](c2c(F)c(F)c(F)c(F)c2F)(c2c(F)c(F)c(F)c(F)c2F)c2c(F)c(F)c(F)c(F)c2F)c(F)c1F. The minimum absolute atomic E-state index is 0.253. The largest absolute Gasteiger partial charge is 0.207 e. The molecule has 0 aliphatic heterocycles. The lowest BCUT2D eigenvalue weighted by molar-refractivity contribution is 0.378. The maximum Gasteiger partial charge on any atom is 0.200 e. The van der Waals surface area contributed by atoms with Crippen LogP contribution in [-0.2, 0) is 3.42 Å². The molecular formula is C34H13BF20I-. The Bertz CT molecular complexity index is 2040. The molecule has 0 N–H and O–H groups in total. The van der Waals surface area contributed by atoms with Crippen molar-refractivity contribution in [3.05, 3.63) is 152 Å². The van der Waals surface area contributed by atoms with Gasteiger partial charge in [-0.2, -0.15) is 0 Å². The summed E-state index contributed by atoms with van der Waals surface area (Å²) in [6.07, 6.45) is -7.22. The molecule has 0 aliphatic rings. The van der Waals surface area contributed by atoms with Gasteiger partial charge >= 0.3 is 0 Å². The first kappa shape index (κ1) is 44.2. The average molecular weight is 939 g/mol. The fourth-order valence-corrected chi connectivity index (χ4v) is 6.72. The molecule has 0 amide bonds. The molecule has 0 atom stereocenters. The standard InChI is InChI=1S/C24BF20.C10H13I/c26-5-1(6(27)14(35)21(42)13(5)34)25(2-7(28)15(36)22(43)16(37)8(2)29,3-9(30)17(38)23(44)18(39)10(3)31)4-11(32)19(40)24(45)20(41)12(4)33;1-8-6-4-5-7-9(8)10(2,3)11/h;4-7H,1-3H3/q-1;. The van der Waals surface area contributed by atoms with Crippen LogP contribution in [0.5, 0.6) is 0 Å². The summed E-state index contributed by atoms with van der Waals surface area (Å²) in [5, 5.41) is 0. The summed E-state index contributed by atoms with van der Waals surface area (Å²) in [5.74, 6) is -71.4. The monoisotopic (exact) mass is 939 g/mol. The minimum Gasteiger partial charge on any atom is -0.207 e. The molecule has 0 aliphatic carbocycles. The minimum atomic E-state index is -7.22. The van der Waals surface area contributed by atoms with Gasteiger partial charge in [0.2, 0.25) is 0 Å². The molecule has 0 nitrogen and oxygen atoms in total. The normalized spacial score (nSPS) is 11.9. The van der Waals surface area contributed by atoms with Gasteiger partial charge in [-0.15, -0.1) is 21.9 Å². The lowest BCUT2D eigenvalue weighted by Crippen LogP contribution is -2.81. The van der Waals surface area contributed by atoms with Crippen molar-refractivity contribution in [3.8, 4) is 0 Å². The first-order chi connectivity index (χ1) is 25.7. The Morgan fingerprint density at radius 3 is 0.679 bits per heavy atom. The maximum absolute atomic E-state index is 15.4. The van der Waals surface area contributed by atoms with Gasteiger partial charge < -0.3 is 0 Å². The van der Waals surface area contributed by atoms with E-state index >= 15 is 35.1 Å². The van der Waals surface area contributed by atoms with Crippen molar-refractivity contribution in [1.29, 1.82) is 0 Å². The molecule has 5 rings (SSSR count). The second kappa shape index (κ2) is 15.4. The third-order valence-electron chi connectivity index (χ3n) is 8.49. The lowest BCUT2D eigenvalue weighted by atomic mass is 9.12. The molecule has 22 heteroatoms. The Morgan fingerprint density at radius 2 is 0.518 bits per heavy atom. The molecule has 0 fully saturated rings. The van der Waals surface area contributed by atoms with Crippen LogP contribution in [0.15, 0.2) is 24.3 Å². The molecule has 0 radical (unpaired) electrons. The summed E-state index contributed by atoms with van der Waals surface area (Å²) in [6, 6.07) is 8.54. The zero-order valence-corrected chi connectivity index (χ0v) is 29.5. The topological polar surface area (TPSA) is 0 Å². The third kappa shape index (κ3) is 6.63. The molecule has 0 bridgehead atoms. The number of alkyl halides is 1. The van der Waals surface area contributed by atoms with E-state index in [-0.39, 0.29) is 3.42 Å². The van der Waals surface area contributed by atoms with Crippen molar-refractivity contribution in [2.75, 3.05) is 0 Å². The Kier molecular flexibility index (Phi) is 12.2. The molecular weight excluding hydrogens is 926 g/mol. The predicted octanol–water partition coefficient (Wildman–Crippen LogP) is 9.51. The summed E-state index contributed by atoms with van der Waals surface area (Å²) < 4.78 is 294. The van der Waals surface area contributed by atoms with Crippen molar-refractivity contribution in [2.24, 2.45) is 0 Å². The van der Waals surface area contributed by atoms with Gasteiger partial charge in [0.1, 0.15) is 52.7 Å². The van der Waals surface area contributed by atoms with Crippen LogP contribution in [-0.4, -0.2) is 6.15 Å². The molecule has 5 aromatic rings. The second-order valence-corrected chi connectivity index (χ2v) is 14.8. The van der Waals surface area contributed by atoms with Crippen LogP contribution in [0.2, 0.25) is 0 Å². The van der Waals surface area contributed by atoms with Crippen LogP contribution < -0.4 is 21.9 Å². The highest BCUT2D eigenvalue weighted by molar-refractivity contribution is 14.1. The van der Waals surface area contributed by atoms with E-state index in [9.17, 15) is 52.7 Å². The smallest absolute Gasteiger partial charge is 0.200 e. The molecule has 0 saturated carbocycles. The Labute approximate surface area is 313 Å². The Morgan fingerprint density at radius 1 is 0.339 bits per heavy atom. The van der Waals surface area contributed by atoms with E-state index in [1.54, 1.807) is 0 Å². The Balaban J connectivity index is 0.000000544. The van der Waals surface area contributed by atoms with Crippen LogP contribution in [0.1, 0.15) is 25.0 Å². The van der Waals surface area contributed by atoms with Crippen LogP contribution in [0.3, 0.4) is 0 Å². The molecule has 0 saturated heterocycles. The highest BCUT2D eigenvalue weighted by Gasteiger charge is 2.52. The molecule has 0 unspecified atom stereocenters. The molecule has 0 heterocycles. The second-order valence-electron chi connectivity index (χ2n) is 12.1. The van der Waals surface area contributed by atoms with Gasteiger partial charge in [0.25, 0.3) is 0 Å². The summed E-state index contributed by atoms with van der Waals surface area (Å²) in [4.78, 5) is 0. The fourth-order valence-electron chi connectivity index (χ4n) is 6.11. The number of hydrogen-bond donors (Lipinski definition) is 0. The van der Waals surface area contributed by atoms with E-state index in [0.717, 1.165) is 0 Å². The number of benzene rings is 5. The van der Waals surface area contributed by atoms with E-state index in [1.165, 1.54) is 11.1 Å². The lowest BCUT2D eigenvalue weighted by Gasteiger charge is -2.44. The predicted molar refractivity (Wildman–Crippen MR) is 167 cm³/mol. The maximum atomic E-state index is 15.4. The van der Waals surface area contributed by atoms with Gasteiger partial charge in [0.15, 0.2) is 69.8 Å². The fraction of sp³-hybridized carbons (Fsp3) is 0.118. The molecule has 56 heavy (non-hydrogen) atoms. The molecule has 300 valence electrons. The van der Waals surface area contributed by atoms with Gasteiger partial charge in [0, 0.05) is 3.42 Å². The van der Waals surface area contributed by atoms with Crippen molar-refractivity contribution >= 4 is 50.6 Å². The summed E-state index contributed by atoms with van der Waals surface area (Å²) in [5.41, 5.74) is -11.5. The van der Waals surface area contributed by atoms with Crippen molar-refractivity contribution in [2.45, 2.75) is 24.2 Å². The van der Waals surface area contributed by atoms with Gasteiger partial charge in [-0.25, -0.2) is 87.8 Å². The van der Waals surface area contributed by atoms with Crippen molar-refractivity contribution < 1.29 is 87.8 Å². The third-order valence-corrected chi connectivity index (χ3v) is 9.07. The summed E-state index contributed by atoms with van der Waals surface area (Å²) >= 11 is 2.47. The number of aryl methyl sites for hydroxylation is 1. The van der Waals surface area contributed by atoms with Crippen molar-refractivity contribution in [1.82, 2.24) is 0 Å². The van der Waals surface area contributed by atoms with E-state index in [2.05, 4.69) is 67.6 Å². The van der Waals surface area contributed by atoms with Crippen LogP contribution in [0.25, 0.3) is 0 Å². The zero-order valence-electron chi connectivity index (χ0n) is 27.3. The highest BCUT2D eigenvalue weighted by Crippen LogP contribution is 2.33. The quantitative estimate of drug-likeness (QED) is 0.0412. The number of rotatable bonds is 5. The molecule has 5 aromatic carbocycles. The summed E-state index contributed by atoms with van der Waals surface area (Å²) in [6.45, 7) is 6.63. The number of hydrogen-bond acceptors (Lipinski definition) is 0. The van der Waals surface area contributed by atoms with Crippen molar-refractivity contribution in [3.63, 3.8) is 0 Å². The average Bonchev–Trinajstić information content (AvgIpc) is 3.14. The van der Waals surface area contributed by atoms with E-state index < -0.39 is 144 Å². The summed E-state index contributed by atoms with van der Waals surface area (Å²) in [7, 11) is 0. The number of halogens is 21. The van der Waals surface area contributed by atoms with E-state index in [0.29, 0.717) is 0 Å². The van der Waals surface area contributed by atoms with E-state index in [1.807, 2.05) is 0 Å². The Hall–Kier alpha value is -4.51. The van der Waals surface area contributed by atoms with Crippen LogP contribution in [0, 0.1) is 123 Å². The molecule has 0 aromatic heterocycles. The first-order valence-corrected chi connectivity index (χ1v) is 15.8. The van der Waals surface area contributed by atoms with Gasteiger partial charge in [0.05, 0.1) is 0 Å². The van der Waals surface area contributed by atoms with Crippen LogP contribution >= 0.6 is 22.6 Å². The molecule has 0 spiro atoms. The highest BCUT2D eigenvalue weighted by atomic mass is 127. The zero-order chi connectivity index (χ0) is 42.8. The van der Waals surface area contributed by atoms with Gasteiger partial charge in [-0.1, -0.05) is 46.9 Å². The van der Waals surface area contributed by atoms with Gasteiger partial charge in [-0.05, 0) is 31.9 Å². The first-order valence-electron chi connectivity index (χ1n) is 14.7. The van der Waals surface area contributed by atoms with Gasteiger partial charge in [-0.3, -0.25) is 0 Å². The van der Waals surface area contributed by atoms with Crippen LogP contribution in [0.4, 0.5) is 87.8 Å². The van der Waals surface area contributed by atoms with E-state index in [4.69, 9.17) is 0 Å².